The lowest BCUT2D eigenvalue weighted by Gasteiger charge is -2.10. The Morgan fingerprint density at radius 2 is 2.04 bits per heavy atom. The number of rotatable bonds is 6. The number of halogens is 1. The van der Waals surface area contributed by atoms with E-state index in [4.69, 9.17) is 11.6 Å². The van der Waals surface area contributed by atoms with Crippen LogP contribution in [0.2, 0.25) is 5.02 Å². The Kier molecular flexibility index (Phi) is 5.93. The predicted molar refractivity (Wildman–Crippen MR) is 93.3 cm³/mol. The second-order valence-electron chi connectivity index (χ2n) is 5.81. The van der Waals surface area contributed by atoms with E-state index in [1.165, 1.54) is 6.33 Å². The topological polar surface area (TPSA) is 66.9 Å². The van der Waals surface area contributed by atoms with Crippen LogP contribution in [-0.4, -0.2) is 22.4 Å². The number of nitrogens with one attached hydrogen (secondary N) is 2. The van der Waals surface area contributed by atoms with Crippen molar-refractivity contribution in [2.24, 2.45) is 5.92 Å². The Labute approximate surface area is 141 Å². The highest BCUT2D eigenvalue weighted by Gasteiger charge is 2.09. The first-order valence-corrected chi connectivity index (χ1v) is 7.97. The van der Waals surface area contributed by atoms with E-state index < -0.39 is 0 Å². The van der Waals surface area contributed by atoms with E-state index in [2.05, 4.69) is 34.4 Å². The number of aromatic nitrogens is 2. The summed E-state index contributed by atoms with van der Waals surface area (Å²) in [4.78, 5) is 20.3. The number of carbonyl (C=O) groups is 1. The van der Waals surface area contributed by atoms with Gasteiger partial charge in [-0.25, -0.2) is 9.97 Å². The van der Waals surface area contributed by atoms with Crippen molar-refractivity contribution in [3.05, 3.63) is 46.9 Å². The van der Waals surface area contributed by atoms with Crippen molar-refractivity contribution >= 4 is 29.0 Å². The molecule has 1 aromatic heterocycles. The molecule has 0 aliphatic heterocycles. The molecule has 0 saturated carbocycles. The number of nitrogens with zero attached hydrogens (tertiary/aromatic N) is 2. The third-order valence-electron chi connectivity index (χ3n) is 3.37. The van der Waals surface area contributed by atoms with Crippen LogP contribution in [-0.2, 0) is 0 Å². The fourth-order valence-electron chi connectivity index (χ4n) is 1.98. The van der Waals surface area contributed by atoms with Gasteiger partial charge in [-0.3, -0.25) is 4.79 Å². The van der Waals surface area contributed by atoms with Gasteiger partial charge < -0.3 is 10.6 Å². The van der Waals surface area contributed by atoms with E-state index in [1.54, 1.807) is 6.07 Å². The maximum Gasteiger partial charge on any atom is 0.270 e. The molecule has 5 nitrogen and oxygen atoms in total. The van der Waals surface area contributed by atoms with Crippen molar-refractivity contribution in [3.8, 4) is 0 Å². The average Bonchev–Trinajstić information content (AvgIpc) is 2.51. The highest BCUT2D eigenvalue weighted by molar-refractivity contribution is 6.30. The number of carbonyl (C=O) groups excluding carboxylic acids is 1. The fraction of sp³-hybridized carbons (Fsp3) is 0.353. The molecule has 6 heteroatoms. The summed E-state index contributed by atoms with van der Waals surface area (Å²) in [6.07, 6.45) is 2.31. The summed E-state index contributed by atoms with van der Waals surface area (Å²) in [5.74, 6) is 0.905. The zero-order chi connectivity index (χ0) is 16.8. The minimum atomic E-state index is -0.195. The van der Waals surface area contributed by atoms with Crippen LogP contribution in [0.1, 0.15) is 36.3 Å². The van der Waals surface area contributed by atoms with Gasteiger partial charge in [-0.05, 0) is 37.0 Å². The molecule has 23 heavy (non-hydrogen) atoms. The molecule has 1 heterocycles. The van der Waals surface area contributed by atoms with E-state index in [0.29, 0.717) is 29.0 Å². The summed E-state index contributed by atoms with van der Waals surface area (Å²) in [5, 5.41) is 6.67. The molecule has 0 bridgehead atoms. The van der Waals surface area contributed by atoms with E-state index >= 15 is 0 Å². The zero-order valence-electron chi connectivity index (χ0n) is 13.6. The van der Waals surface area contributed by atoms with Gasteiger partial charge in [0.2, 0.25) is 0 Å². The standard InChI is InChI=1S/C17H21ClN4O/c1-11(2)6-7-19-17(23)15-9-16(21-10-20-15)22-14-8-13(18)5-4-12(14)3/h4-5,8-11H,6-7H2,1-3H3,(H,19,23)(H,20,21,22). The van der Waals surface area contributed by atoms with Crippen molar-refractivity contribution in [2.45, 2.75) is 27.2 Å². The summed E-state index contributed by atoms with van der Waals surface area (Å²) < 4.78 is 0. The molecule has 2 rings (SSSR count). The fourth-order valence-corrected chi connectivity index (χ4v) is 2.15. The number of hydrogen-bond acceptors (Lipinski definition) is 4. The molecular formula is C17H21ClN4O. The normalized spacial score (nSPS) is 10.7. The third-order valence-corrected chi connectivity index (χ3v) is 3.60. The molecule has 0 aliphatic carbocycles. The lowest BCUT2D eigenvalue weighted by molar-refractivity contribution is 0.0947. The lowest BCUT2D eigenvalue weighted by Crippen LogP contribution is -2.26. The first-order valence-electron chi connectivity index (χ1n) is 7.59. The molecule has 0 radical (unpaired) electrons. The van der Waals surface area contributed by atoms with Gasteiger partial charge in [0.1, 0.15) is 17.8 Å². The van der Waals surface area contributed by atoms with Crippen molar-refractivity contribution in [3.63, 3.8) is 0 Å². The van der Waals surface area contributed by atoms with Gasteiger partial charge in [0, 0.05) is 23.3 Å². The first-order chi connectivity index (χ1) is 11.0. The molecule has 0 fully saturated rings. The Balaban J connectivity index is 2.07. The SMILES string of the molecule is Cc1ccc(Cl)cc1Nc1cc(C(=O)NCCC(C)C)ncn1. The van der Waals surface area contributed by atoms with Gasteiger partial charge in [-0.2, -0.15) is 0 Å². The van der Waals surface area contributed by atoms with Crippen LogP contribution in [0.3, 0.4) is 0 Å². The van der Waals surface area contributed by atoms with Gasteiger partial charge in [-0.1, -0.05) is 31.5 Å². The van der Waals surface area contributed by atoms with E-state index in [-0.39, 0.29) is 5.91 Å². The Morgan fingerprint density at radius 1 is 1.26 bits per heavy atom. The Morgan fingerprint density at radius 3 is 2.78 bits per heavy atom. The molecule has 0 aliphatic rings. The predicted octanol–water partition coefficient (Wildman–Crippen LogP) is 3.96. The van der Waals surface area contributed by atoms with Crippen LogP contribution in [0.25, 0.3) is 0 Å². The van der Waals surface area contributed by atoms with Gasteiger partial charge in [0.15, 0.2) is 0 Å². The molecule has 122 valence electrons. The van der Waals surface area contributed by atoms with Crippen molar-refractivity contribution in [2.75, 3.05) is 11.9 Å². The molecular weight excluding hydrogens is 312 g/mol. The van der Waals surface area contributed by atoms with Crippen molar-refractivity contribution in [1.82, 2.24) is 15.3 Å². The molecule has 0 atom stereocenters. The van der Waals surface area contributed by atoms with Crippen LogP contribution >= 0.6 is 11.6 Å². The number of amides is 1. The third kappa shape index (κ3) is 5.21. The zero-order valence-corrected chi connectivity index (χ0v) is 14.3. The van der Waals surface area contributed by atoms with Gasteiger partial charge in [-0.15, -0.1) is 0 Å². The van der Waals surface area contributed by atoms with Crippen LogP contribution in [0, 0.1) is 12.8 Å². The smallest absolute Gasteiger partial charge is 0.270 e. The van der Waals surface area contributed by atoms with Crippen LogP contribution < -0.4 is 10.6 Å². The maximum absolute atomic E-state index is 12.1. The van der Waals surface area contributed by atoms with Crippen molar-refractivity contribution < 1.29 is 4.79 Å². The largest absolute Gasteiger partial charge is 0.351 e. The second-order valence-corrected chi connectivity index (χ2v) is 6.25. The lowest BCUT2D eigenvalue weighted by atomic mass is 10.1. The summed E-state index contributed by atoms with van der Waals surface area (Å²) in [7, 11) is 0. The van der Waals surface area contributed by atoms with Gasteiger partial charge in [0.05, 0.1) is 0 Å². The molecule has 0 saturated heterocycles. The second kappa shape index (κ2) is 7.92. The van der Waals surface area contributed by atoms with E-state index in [9.17, 15) is 4.79 Å². The molecule has 0 spiro atoms. The van der Waals surface area contributed by atoms with Gasteiger partial charge >= 0.3 is 0 Å². The summed E-state index contributed by atoms with van der Waals surface area (Å²) >= 11 is 6.01. The van der Waals surface area contributed by atoms with Crippen LogP contribution in [0.15, 0.2) is 30.6 Å². The number of benzene rings is 1. The average molecular weight is 333 g/mol. The first kappa shape index (κ1) is 17.2. The van der Waals surface area contributed by atoms with Crippen LogP contribution in [0.5, 0.6) is 0 Å². The van der Waals surface area contributed by atoms with Gasteiger partial charge in [0.25, 0.3) is 5.91 Å². The number of hydrogen-bond donors (Lipinski definition) is 2. The summed E-state index contributed by atoms with van der Waals surface area (Å²) in [6.45, 7) is 6.84. The highest BCUT2D eigenvalue weighted by Crippen LogP contribution is 2.23. The quantitative estimate of drug-likeness (QED) is 0.840. The molecule has 0 unspecified atom stereocenters. The maximum atomic E-state index is 12.1. The summed E-state index contributed by atoms with van der Waals surface area (Å²) in [5.41, 5.74) is 2.23. The molecule has 2 aromatic rings. The molecule has 2 N–H and O–H groups in total. The monoisotopic (exact) mass is 332 g/mol. The van der Waals surface area contributed by atoms with E-state index in [0.717, 1.165) is 17.7 Å². The Bertz CT molecular complexity index is 688. The number of aryl methyl sites for hydroxylation is 1. The van der Waals surface area contributed by atoms with Crippen molar-refractivity contribution in [1.29, 1.82) is 0 Å². The Hall–Kier alpha value is -2.14. The summed E-state index contributed by atoms with van der Waals surface area (Å²) in [6, 6.07) is 7.20. The molecule has 1 amide bonds. The minimum Gasteiger partial charge on any atom is -0.351 e. The van der Waals surface area contributed by atoms with E-state index in [1.807, 2.05) is 25.1 Å². The highest BCUT2D eigenvalue weighted by atomic mass is 35.5. The molecule has 1 aromatic carbocycles. The van der Waals surface area contributed by atoms with Crippen LogP contribution in [0.4, 0.5) is 11.5 Å². The number of anilines is 2. The minimum absolute atomic E-state index is 0.195.